The van der Waals surface area contributed by atoms with Crippen LogP contribution in [0.2, 0.25) is 0 Å². The Morgan fingerprint density at radius 1 is 1.16 bits per heavy atom. The Morgan fingerprint density at radius 2 is 1.84 bits per heavy atom. The Kier molecular flexibility index (Phi) is 4.50. The molecule has 0 unspecified atom stereocenters. The smallest absolute Gasteiger partial charge is 0.153 e. The third-order valence-electron chi connectivity index (χ3n) is 5.71. The van der Waals surface area contributed by atoms with Crippen molar-refractivity contribution in [2.45, 2.75) is 31.5 Å². The monoisotopic (exact) mass is 368 g/mol. The highest BCUT2D eigenvalue weighted by molar-refractivity contribution is 7.91. The van der Waals surface area contributed by atoms with Gasteiger partial charge in [0.25, 0.3) is 0 Å². The van der Waals surface area contributed by atoms with E-state index in [9.17, 15) is 12.8 Å². The second kappa shape index (κ2) is 6.52. The lowest BCUT2D eigenvalue weighted by Crippen LogP contribution is -2.59. The van der Waals surface area contributed by atoms with Crippen molar-refractivity contribution in [1.29, 1.82) is 0 Å². The zero-order chi connectivity index (χ0) is 17.6. The minimum atomic E-state index is -3.01. The normalized spacial score (nSPS) is 29.5. The average Bonchev–Trinajstić information content (AvgIpc) is 3.30. The van der Waals surface area contributed by atoms with E-state index in [4.69, 9.17) is 4.74 Å². The molecule has 3 fully saturated rings. The predicted molar refractivity (Wildman–Crippen MR) is 93.9 cm³/mol. The molecule has 3 aliphatic rings. The van der Waals surface area contributed by atoms with Crippen molar-refractivity contribution in [3.8, 4) is 5.75 Å². The van der Waals surface area contributed by atoms with Crippen molar-refractivity contribution in [2.24, 2.45) is 5.92 Å². The van der Waals surface area contributed by atoms with Crippen molar-refractivity contribution in [3.63, 3.8) is 0 Å². The van der Waals surface area contributed by atoms with Gasteiger partial charge in [-0.3, -0.25) is 9.80 Å². The largest absolute Gasteiger partial charge is 0.496 e. The van der Waals surface area contributed by atoms with E-state index >= 15 is 0 Å². The topological polar surface area (TPSA) is 49.9 Å². The summed E-state index contributed by atoms with van der Waals surface area (Å²) in [6.45, 7) is 3.23. The Balaban J connectivity index is 1.55. The molecule has 25 heavy (non-hydrogen) atoms. The van der Waals surface area contributed by atoms with Crippen LogP contribution in [-0.4, -0.2) is 68.6 Å². The van der Waals surface area contributed by atoms with E-state index < -0.39 is 9.84 Å². The first kappa shape index (κ1) is 17.2. The summed E-state index contributed by atoms with van der Waals surface area (Å²) in [5, 5.41) is 0. The summed E-state index contributed by atoms with van der Waals surface area (Å²) in [7, 11) is -1.44. The summed E-state index contributed by atoms with van der Waals surface area (Å²) in [4.78, 5) is 4.59. The lowest BCUT2D eigenvalue weighted by molar-refractivity contribution is 0.0372. The highest BCUT2D eigenvalue weighted by Crippen LogP contribution is 2.35. The first-order chi connectivity index (χ1) is 11.9. The maximum absolute atomic E-state index is 13.7. The predicted octanol–water partition coefficient (Wildman–Crippen LogP) is 1.53. The first-order valence-electron chi connectivity index (χ1n) is 8.96. The molecule has 0 spiro atoms. The highest BCUT2D eigenvalue weighted by atomic mass is 32.2. The van der Waals surface area contributed by atoms with E-state index in [1.165, 1.54) is 25.0 Å². The quantitative estimate of drug-likeness (QED) is 0.789. The van der Waals surface area contributed by atoms with Crippen LogP contribution in [0.4, 0.5) is 4.39 Å². The molecule has 0 radical (unpaired) electrons. The van der Waals surface area contributed by atoms with Gasteiger partial charge in [-0.15, -0.1) is 0 Å². The van der Waals surface area contributed by atoms with Crippen LogP contribution in [0.25, 0.3) is 0 Å². The van der Waals surface area contributed by atoms with E-state index in [0.717, 1.165) is 31.1 Å². The SMILES string of the molecule is COc1ccc(F)cc1CN1CCN(CC2CC2)[C@@H]2CS(=O)(=O)C[C@@H]21. The van der Waals surface area contributed by atoms with E-state index in [1.807, 2.05) is 0 Å². The summed E-state index contributed by atoms with van der Waals surface area (Å²) in [6.07, 6.45) is 2.54. The van der Waals surface area contributed by atoms with E-state index in [1.54, 1.807) is 13.2 Å². The molecule has 1 aromatic rings. The standard InChI is InChI=1S/C18H25FN2O3S/c1-24-18-5-4-15(19)8-14(18)10-21-7-6-20(9-13-2-3-13)16-11-25(22,23)12-17(16)21/h4-5,8,13,16-17H,2-3,6-7,9-12H2,1H3/t16-,17+/m1/s1. The van der Waals surface area contributed by atoms with E-state index in [0.29, 0.717) is 12.3 Å². The van der Waals surface area contributed by atoms with Crippen molar-refractivity contribution in [3.05, 3.63) is 29.6 Å². The zero-order valence-corrected chi connectivity index (χ0v) is 15.3. The number of rotatable bonds is 5. The second-order valence-corrected chi connectivity index (χ2v) is 9.73. The molecule has 0 N–H and O–H groups in total. The minimum Gasteiger partial charge on any atom is -0.496 e. The molecule has 1 aromatic carbocycles. The van der Waals surface area contributed by atoms with Gasteiger partial charge < -0.3 is 4.74 Å². The summed E-state index contributed by atoms with van der Waals surface area (Å²) in [5.41, 5.74) is 0.779. The van der Waals surface area contributed by atoms with E-state index in [-0.39, 0.29) is 29.4 Å². The van der Waals surface area contributed by atoms with Crippen LogP contribution in [0.1, 0.15) is 18.4 Å². The molecule has 7 heteroatoms. The van der Waals surface area contributed by atoms with Crippen molar-refractivity contribution < 1.29 is 17.5 Å². The summed E-state index contributed by atoms with van der Waals surface area (Å²) in [6, 6.07) is 4.58. The van der Waals surface area contributed by atoms with Crippen LogP contribution < -0.4 is 4.74 Å². The van der Waals surface area contributed by atoms with Gasteiger partial charge in [0, 0.05) is 43.8 Å². The van der Waals surface area contributed by atoms with E-state index in [2.05, 4.69) is 9.80 Å². The van der Waals surface area contributed by atoms with Crippen molar-refractivity contribution >= 4 is 9.84 Å². The van der Waals surface area contributed by atoms with Gasteiger partial charge in [0.05, 0.1) is 18.6 Å². The number of sulfone groups is 1. The Morgan fingerprint density at radius 3 is 2.52 bits per heavy atom. The van der Waals surface area contributed by atoms with Gasteiger partial charge in [-0.2, -0.15) is 0 Å². The summed E-state index contributed by atoms with van der Waals surface area (Å²) < 4.78 is 43.6. The Bertz CT molecular complexity index is 751. The van der Waals surface area contributed by atoms with Gasteiger partial charge >= 0.3 is 0 Å². The molecule has 2 atom stereocenters. The third-order valence-corrected chi connectivity index (χ3v) is 7.41. The Labute approximate surface area is 148 Å². The fourth-order valence-corrected chi connectivity index (χ4v) is 6.28. The number of halogens is 1. The van der Waals surface area contributed by atoms with Crippen molar-refractivity contribution in [1.82, 2.24) is 9.80 Å². The lowest BCUT2D eigenvalue weighted by Gasteiger charge is -2.44. The number of benzene rings is 1. The van der Waals surface area contributed by atoms with Crippen LogP contribution in [-0.2, 0) is 16.4 Å². The highest BCUT2D eigenvalue weighted by Gasteiger charge is 2.47. The molecule has 0 amide bonds. The van der Waals surface area contributed by atoms with Gasteiger partial charge in [0.1, 0.15) is 11.6 Å². The number of methoxy groups -OCH3 is 1. The maximum atomic E-state index is 13.7. The van der Waals surface area contributed by atoms with Crippen LogP contribution in [0, 0.1) is 11.7 Å². The van der Waals surface area contributed by atoms with Gasteiger partial charge in [-0.25, -0.2) is 12.8 Å². The lowest BCUT2D eigenvalue weighted by atomic mass is 10.0. The van der Waals surface area contributed by atoms with Crippen molar-refractivity contribution in [2.75, 3.05) is 38.2 Å². The number of nitrogens with zero attached hydrogens (tertiary/aromatic N) is 2. The van der Waals surface area contributed by atoms with Gasteiger partial charge in [-0.05, 0) is 37.0 Å². The minimum absolute atomic E-state index is 0.00882. The van der Waals surface area contributed by atoms with Crippen LogP contribution in [0.5, 0.6) is 5.75 Å². The average molecular weight is 368 g/mol. The molecule has 4 rings (SSSR count). The number of ether oxygens (including phenoxy) is 1. The first-order valence-corrected chi connectivity index (χ1v) is 10.8. The van der Waals surface area contributed by atoms with Crippen LogP contribution in [0.15, 0.2) is 18.2 Å². The molecule has 2 heterocycles. The fourth-order valence-electron chi connectivity index (χ4n) is 4.24. The molecule has 0 bridgehead atoms. The maximum Gasteiger partial charge on any atom is 0.153 e. The summed E-state index contributed by atoms with van der Waals surface area (Å²) in [5.74, 6) is 1.56. The van der Waals surface area contributed by atoms with Gasteiger partial charge in [0.15, 0.2) is 9.84 Å². The van der Waals surface area contributed by atoms with Gasteiger partial charge in [-0.1, -0.05) is 0 Å². The third kappa shape index (κ3) is 3.68. The molecular formula is C18H25FN2O3S. The number of hydrogen-bond donors (Lipinski definition) is 0. The van der Waals surface area contributed by atoms with Crippen LogP contribution in [0.3, 0.4) is 0 Å². The van der Waals surface area contributed by atoms with Crippen LogP contribution >= 0.6 is 0 Å². The number of fused-ring (bicyclic) bond motifs is 1. The number of piperazine rings is 1. The van der Waals surface area contributed by atoms with Gasteiger partial charge in [0.2, 0.25) is 0 Å². The molecule has 138 valence electrons. The zero-order valence-electron chi connectivity index (χ0n) is 14.5. The fraction of sp³-hybridized carbons (Fsp3) is 0.667. The molecule has 0 aromatic heterocycles. The Hall–Kier alpha value is -1.18. The summed E-state index contributed by atoms with van der Waals surface area (Å²) >= 11 is 0. The second-order valence-electron chi connectivity index (χ2n) is 7.58. The molecule has 2 saturated heterocycles. The molecular weight excluding hydrogens is 343 g/mol. The molecule has 5 nitrogen and oxygen atoms in total. The number of hydrogen-bond acceptors (Lipinski definition) is 5. The molecule has 1 saturated carbocycles. The molecule has 1 aliphatic carbocycles. The molecule has 2 aliphatic heterocycles.